The van der Waals surface area contributed by atoms with Gasteiger partial charge >= 0.3 is 0 Å². The summed E-state index contributed by atoms with van der Waals surface area (Å²) in [5.41, 5.74) is 1.95. The number of aromatic nitrogens is 1. The molecule has 15 heteroatoms. The molecule has 11 nitrogen and oxygen atoms in total. The van der Waals surface area contributed by atoms with E-state index in [9.17, 15) is 22.0 Å². The van der Waals surface area contributed by atoms with Crippen LogP contribution in [0.3, 0.4) is 0 Å². The van der Waals surface area contributed by atoms with Gasteiger partial charge in [-0.25, -0.2) is 22.2 Å². The standard InChI is InChI=1S/C38H40F2N4O7S2/c1-48-28-12-10-26(33(21-28)50-3)23-44(24-27-11-13-29(49-2)22-34(27)51-4)53(46,47)37-32(14-19-52-37)42-36(45)30-20-25-8-5-6-9-31(25)41-35(30)43-17-7-15-38(39,40)16-18-43/h5-6,8-14,19-22H,7,15-18,23-24H2,1-4H3,(H,42,45). The van der Waals surface area contributed by atoms with Crippen molar-refractivity contribution >= 4 is 49.7 Å². The Kier molecular flexibility index (Phi) is 11.4. The van der Waals surface area contributed by atoms with Crippen LogP contribution in [0.25, 0.3) is 10.9 Å². The highest BCUT2D eigenvalue weighted by Gasteiger charge is 2.34. The van der Waals surface area contributed by atoms with Gasteiger partial charge in [-0.2, -0.15) is 4.31 Å². The van der Waals surface area contributed by atoms with Crippen molar-refractivity contribution in [2.45, 2.75) is 42.5 Å². The van der Waals surface area contributed by atoms with Crippen molar-refractivity contribution in [3.05, 3.63) is 94.9 Å². The number of alkyl halides is 2. The first-order valence-electron chi connectivity index (χ1n) is 16.8. The predicted molar refractivity (Wildman–Crippen MR) is 201 cm³/mol. The van der Waals surface area contributed by atoms with Gasteiger partial charge in [0, 0.05) is 67.7 Å². The quantitative estimate of drug-likeness (QED) is 0.129. The van der Waals surface area contributed by atoms with E-state index in [1.54, 1.807) is 64.9 Å². The maximum Gasteiger partial charge on any atom is 0.259 e. The lowest BCUT2D eigenvalue weighted by molar-refractivity contribution is -0.0102. The number of ether oxygens (including phenoxy) is 4. The number of amides is 1. The number of benzene rings is 3. The van der Waals surface area contributed by atoms with Crippen LogP contribution in [-0.4, -0.2) is 71.1 Å². The van der Waals surface area contributed by atoms with Crippen LogP contribution in [0, 0.1) is 0 Å². The van der Waals surface area contributed by atoms with Crippen LogP contribution < -0.4 is 29.2 Å². The van der Waals surface area contributed by atoms with Crippen LogP contribution in [-0.2, 0) is 23.1 Å². The second-order valence-electron chi connectivity index (χ2n) is 12.5. The van der Waals surface area contributed by atoms with Gasteiger partial charge in [0.25, 0.3) is 15.9 Å². The summed E-state index contributed by atoms with van der Waals surface area (Å²) in [4.78, 5) is 20.6. The highest BCUT2D eigenvalue weighted by Crippen LogP contribution is 2.37. The van der Waals surface area contributed by atoms with Crippen molar-refractivity contribution in [1.29, 1.82) is 0 Å². The van der Waals surface area contributed by atoms with Gasteiger partial charge in [-0.15, -0.1) is 11.3 Å². The van der Waals surface area contributed by atoms with Gasteiger partial charge in [-0.05, 0) is 42.1 Å². The number of carbonyl (C=O) groups excluding carboxylic acids is 1. The number of anilines is 2. The molecule has 1 N–H and O–H groups in total. The Morgan fingerprint density at radius 2 is 1.51 bits per heavy atom. The van der Waals surface area contributed by atoms with E-state index in [0.29, 0.717) is 45.0 Å². The van der Waals surface area contributed by atoms with E-state index in [0.717, 1.165) is 11.3 Å². The molecule has 0 atom stereocenters. The van der Waals surface area contributed by atoms with Crippen LogP contribution in [0.5, 0.6) is 23.0 Å². The predicted octanol–water partition coefficient (Wildman–Crippen LogP) is 7.60. The molecule has 6 rings (SSSR count). The number of halogens is 2. The third-order valence-electron chi connectivity index (χ3n) is 9.10. The number of nitrogens with zero attached hydrogens (tertiary/aromatic N) is 3. The van der Waals surface area contributed by atoms with Gasteiger partial charge in [0.05, 0.1) is 45.2 Å². The summed E-state index contributed by atoms with van der Waals surface area (Å²) in [5.74, 6) is -1.25. The first-order chi connectivity index (χ1) is 25.5. The largest absolute Gasteiger partial charge is 0.497 e. The van der Waals surface area contributed by atoms with Gasteiger partial charge in [-0.1, -0.05) is 30.3 Å². The van der Waals surface area contributed by atoms with Gasteiger partial charge in [0.15, 0.2) is 4.21 Å². The van der Waals surface area contributed by atoms with Gasteiger partial charge in [0.2, 0.25) is 5.92 Å². The molecule has 2 aromatic heterocycles. The van der Waals surface area contributed by atoms with Crippen molar-refractivity contribution in [3.63, 3.8) is 0 Å². The van der Waals surface area contributed by atoms with Crippen molar-refractivity contribution in [1.82, 2.24) is 9.29 Å². The van der Waals surface area contributed by atoms with Crippen molar-refractivity contribution in [2.75, 3.05) is 51.7 Å². The molecule has 0 radical (unpaired) electrons. The van der Waals surface area contributed by atoms with E-state index in [1.807, 2.05) is 12.1 Å². The number of pyridine rings is 1. The number of thiophene rings is 1. The number of para-hydroxylation sites is 1. The maximum absolute atomic E-state index is 14.7. The molecule has 1 amide bonds. The maximum atomic E-state index is 14.7. The summed E-state index contributed by atoms with van der Waals surface area (Å²) < 4.78 is 81.3. The summed E-state index contributed by atoms with van der Waals surface area (Å²) in [6.07, 6.45) is -0.400. The minimum atomic E-state index is -4.32. The lowest BCUT2D eigenvalue weighted by atomic mass is 10.1. The zero-order valence-corrected chi connectivity index (χ0v) is 31.4. The SMILES string of the molecule is COc1ccc(CN(Cc2ccc(OC)cc2OC)S(=O)(=O)c2sccc2NC(=O)c2cc3ccccc3nc2N2CCCC(F)(F)CC2)c(OC)c1. The normalized spacial score (nSPS) is 14.5. The third-order valence-corrected chi connectivity index (χ3v) is 12.4. The fourth-order valence-electron chi connectivity index (χ4n) is 6.26. The molecule has 0 unspecified atom stereocenters. The molecule has 1 aliphatic rings. The summed E-state index contributed by atoms with van der Waals surface area (Å²) >= 11 is 0.956. The number of hydrogen-bond donors (Lipinski definition) is 1. The van der Waals surface area contributed by atoms with Gasteiger partial charge in [-0.3, -0.25) is 4.79 Å². The van der Waals surface area contributed by atoms with Crippen molar-refractivity contribution < 1.29 is 40.9 Å². The van der Waals surface area contributed by atoms with E-state index in [-0.39, 0.29) is 66.7 Å². The zero-order chi connectivity index (χ0) is 37.8. The molecule has 1 aliphatic heterocycles. The number of carbonyl (C=O) groups is 1. The Morgan fingerprint density at radius 3 is 2.13 bits per heavy atom. The lowest BCUT2D eigenvalue weighted by Gasteiger charge is -2.25. The summed E-state index contributed by atoms with van der Waals surface area (Å²) in [6.45, 7) is 0.0931. The molecule has 0 spiro atoms. The van der Waals surface area contributed by atoms with Crippen LogP contribution in [0.15, 0.2) is 82.4 Å². The Bertz CT molecular complexity index is 2160. The summed E-state index contributed by atoms with van der Waals surface area (Å²) in [5, 5.41) is 5.07. The minimum Gasteiger partial charge on any atom is -0.497 e. The van der Waals surface area contributed by atoms with Gasteiger partial charge in [0.1, 0.15) is 28.8 Å². The monoisotopic (exact) mass is 766 g/mol. The first-order valence-corrected chi connectivity index (χ1v) is 19.1. The lowest BCUT2D eigenvalue weighted by Crippen LogP contribution is -2.31. The van der Waals surface area contributed by atoms with E-state index in [4.69, 9.17) is 23.9 Å². The molecule has 280 valence electrons. The van der Waals surface area contributed by atoms with Crippen molar-refractivity contribution in [2.24, 2.45) is 0 Å². The van der Waals surface area contributed by atoms with Crippen LogP contribution in [0.1, 0.15) is 40.7 Å². The Morgan fingerprint density at radius 1 is 0.868 bits per heavy atom. The average Bonchev–Trinajstić information content (AvgIpc) is 3.56. The molecule has 1 fully saturated rings. The minimum absolute atomic E-state index is 0.00923. The van der Waals surface area contributed by atoms with Crippen molar-refractivity contribution in [3.8, 4) is 23.0 Å². The van der Waals surface area contributed by atoms with Crippen LogP contribution in [0.2, 0.25) is 0 Å². The van der Waals surface area contributed by atoms with Gasteiger partial charge < -0.3 is 29.2 Å². The molecule has 3 aromatic carbocycles. The molecule has 0 aliphatic carbocycles. The molecule has 3 heterocycles. The number of methoxy groups -OCH3 is 4. The second kappa shape index (κ2) is 15.9. The average molecular weight is 767 g/mol. The zero-order valence-electron chi connectivity index (χ0n) is 29.7. The smallest absolute Gasteiger partial charge is 0.259 e. The first kappa shape index (κ1) is 37.8. The fourth-order valence-corrected chi connectivity index (χ4v) is 9.05. The summed E-state index contributed by atoms with van der Waals surface area (Å²) in [7, 11) is 1.71. The topological polar surface area (TPSA) is 120 Å². The Balaban J connectivity index is 1.37. The Hall–Kier alpha value is -4.99. The number of sulfonamides is 1. The highest BCUT2D eigenvalue weighted by molar-refractivity contribution is 7.91. The number of nitrogens with one attached hydrogen (secondary N) is 1. The van der Waals surface area contributed by atoms with E-state index >= 15 is 0 Å². The van der Waals surface area contributed by atoms with E-state index in [1.165, 1.54) is 38.8 Å². The number of hydrogen-bond acceptors (Lipinski definition) is 10. The number of fused-ring (bicyclic) bond motifs is 1. The number of rotatable bonds is 13. The summed E-state index contributed by atoms with van der Waals surface area (Å²) in [6, 6.07) is 20.6. The second-order valence-corrected chi connectivity index (χ2v) is 15.5. The molecule has 0 bridgehead atoms. The molecule has 53 heavy (non-hydrogen) atoms. The highest BCUT2D eigenvalue weighted by atomic mass is 32.2. The van der Waals surface area contributed by atoms with E-state index < -0.39 is 21.9 Å². The fraction of sp³-hybridized carbons (Fsp3) is 0.316. The molecular formula is C38H40F2N4O7S2. The molecular weight excluding hydrogens is 727 g/mol. The molecule has 5 aromatic rings. The molecule has 1 saturated heterocycles. The van der Waals surface area contributed by atoms with Crippen LogP contribution in [0.4, 0.5) is 20.3 Å². The molecule has 0 saturated carbocycles. The third kappa shape index (κ3) is 8.32. The Labute approximate surface area is 311 Å². The van der Waals surface area contributed by atoms with E-state index in [2.05, 4.69) is 5.32 Å². The van der Waals surface area contributed by atoms with Crippen LogP contribution >= 0.6 is 11.3 Å².